The molecular weight excluding hydrogens is 374 g/mol. The first kappa shape index (κ1) is 21.7. The van der Waals surface area contributed by atoms with Crippen molar-refractivity contribution in [3.8, 4) is 5.75 Å². The van der Waals surface area contributed by atoms with E-state index in [0.29, 0.717) is 11.4 Å². The lowest BCUT2D eigenvalue weighted by Gasteiger charge is -2.17. The number of nitrogens with one attached hydrogen (secondary N) is 3. The second-order valence-corrected chi connectivity index (χ2v) is 6.33. The average molecular weight is 399 g/mol. The SMILES string of the molecule is CCOC(=O)Nc1cccc(C(=O)NNC(=O)[C@@H](C)Oc2cccc(C)c2C)c1. The van der Waals surface area contributed by atoms with Gasteiger partial charge in [-0.25, -0.2) is 4.79 Å². The normalized spacial score (nSPS) is 11.2. The summed E-state index contributed by atoms with van der Waals surface area (Å²) in [5.41, 5.74) is 7.33. The Morgan fingerprint density at radius 3 is 2.48 bits per heavy atom. The second kappa shape index (κ2) is 10.1. The van der Waals surface area contributed by atoms with Crippen LogP contribution in [0.4, 0.5) is 10.5 Å². The first-order valence-electron chi connectivity index (χ1n) is 9.18. The lowest BCUT2D eigenvalue weighted by atomic mass is 10.1. The van der Waals surface area contributed by atoms with Gasteiger partial charge in [0.25, 0.3) is 11.8 Å². The van der Waals surface area contributed by atoms with Crippen molar-refractivity contribution in [1.82, 2.24) is 10.9 Å². The van der Waals surface area contributed by atoms with Crippen molar-refractivity contribution in [2.45, 2.75) is 33.8 Å². The van der Waals surface area contributed by atoms with E-state index in [1.165, 1.54) is 6.07 Å². The summed E-state index contributed by atoms with van der Waals surface area (Å²) >= 11 is 0. The standard InChI is InChI=1S/C21H25N3O5/c1-5-28-21(27)22-17-10-7-9-16(12-17)20(26)24-23-19(25)15(4)29-18-11-6-8-13(2)14(18)3/h6-12,15H,5H2,1-4H3,(H,22,27)(H,23,25)(H,24,26)/t15-/m1/s1. The van der Waals surface area contributed by atoms with Crippen LogP contribution in [0.3, 0.4) is 0 Å². The molecule has 2 rings (SSSR count). The Bertz CT molecular complexity index is 898. The third-order valence-corrected chi connectivity index (χ3v) is 4.17. The van der Waals surface area contributed by atoms with E-state index in [9.17, 15) is 14.4 Å². The molecule has 0 unspecified atom stereocenters. The Kier molecular flexibility index (Phi) is 7.59. The van der Waals surface area contributed by atoms with Gasteiger partial charge in [0.2, 0.25) is 0 Å². The zero-order chi connectivity index (χ0) is 21.4. The van der Waals surface area contributed by atoms with Crippen LogP contribution in [0.1, 0.15) is 35.3 Å². The molecule has 8 heteroatoms. The Hall–Kier alpha value is -3.55. The molecule has 3 amide bonds. The Morgan fingerprint density at radius 1 is 1.03 bits per heavy atom. The molecule has 2 aromatic carbocycles. The highest BCUT2D eigenvalue weighted by atomic mass is 16.5. The second-order valence-electron chi connectivity index (χ2n) is 6.33. The van der Waals surface area contributed by atoms with Gasteiger partial charge >= 0.3 is 6.09 Å². The maximum atomic E-state index is 12.3. The van der Waals surface area contributed by atoms with E-state index in [-0.39, 0.29) is 12.2 Å². The molecular formula is C21H25N3O5. The minimum Gasteiger partial charge on any atom is -0.481 e. The molecule has 0 saturated heterocycles. The van der Waals surface area contributed by atoms with E-state index in [1.807, 2.05) is 26.0 Å². The fraction of sp³-hybridized carbons (Fsp3) is 0.286. The number of benzene rings is 2. The largest absolute Gasteiger partial charge is 0.481 e. The van der Waals surface area contributed by atoms with Gasteiger partial charge in [0.05, 0.1) is 6.61 Å². The Balaban J connectivity index is 1.91. The van der Waals surface area contributed by atoms with Gasteiger partial charge in [0.1, 0.15) is 5.75 Å². The molecule has 0 fully saturated rings. The number of amides is 3. The van der Waals surface area contributed by atoms with Gasteiger partial charge in [-0.2, -0.15) is 0 Å². The Labute approximate surface area is 169 Å². The molecule has 0 spiro atoms. The first-order chi connectivity index (χ1) is 13.8. The number of hydrogen-bond donors (Lipinski definition) is 3. The van der Waals surface area contributed by atoms with Crippen LogP contribution < -0.4 is 20.9 Å². The van der Waals surface area contributed by atoms with Gasteiger partial charge < -0.3 is 9.47 Å². The number of hydrogen-bond acceptors (Lipinski definition) is 5. The van der Waals surface area contributed by atoms with Crippen molar-refractivity contribution in [3.63, 3.8) is 0 Å². The minimum atomic E-state index is -0.812. The number of hydrazine groups is 1. The van der Waals surface area contributed by atoms with Gasteiger partial charge in [-0.05, 0) is 63.1 Å². The maximum Gasteiger partial charge on any atom is 0.411 e. The molecule has 3 N–H and O–H groups in total. The van der Waals surface area contributed by atoms with Gasteiger partial charge in [-0.3, -0.25) is 25.8 Å². The average Bonchev–Trinajstić information content (AvgIpc) is 2.69. The smallest absolute Gasteiger partial charge is 0.411 e. The number of rotatable bonds is 6. The summed E-state index contributed by atoms with van der Waals surface area (Å²) in [7, 11) is 0. The van der Waals surface area contributed by atoms with Crippen molar-refractivity contribution in [2.75, 3.05) is 11.9 Å². The van der Waals surface area contributed by atoms with Crippen LogP contribution >= 0.6 is 0 Å². The monoisotopic (exact) mass is 399 g/mol. The molecule has 154 valence electrons. The van der Waals surface area contributed by atoms with Gasteiger partial charge in [0, 0.05) is 11.3 Å². The third-order valence-electron chi connectivity index (χ3n) is 4.17. The summed E-state index contributed by atoms with van der Waals surface area (Å²) in [6.07, 6.45) is -1.43. The highest BCUT2D eigenvalue weighted by Crippen LogP contribution is 2.21. The van der Waals surface area contributed by atoms with Gasteiger partial charge in [0.15, 0.2) is 6.10 Å². The van der Waals surface area contributed by atoms with Gasteiger partial charge in [-0.15, -0.1) is 0 Å². The predicted octanol–water partition coefficient (Wildman–Crippen LogP) is 3.10. The van der Waals surface area contributed by atoms with E-state index in [2.05, 4.69) is 16.2 Å². The van der Waals surface area contributed by atoms with Crippen LogP contribution in [0.15, 0.2) is 42.5 Å². The molecule has 0 bridgehead atoms. The van der Waals surface area contributed by atoms with Crippen molar-refractivity contribution >= 4 is 23.6 Å². The van der Waals surface area contributed by atoms with E-state index in [1.54, 1.807) is 38.1 Å². The molecule has 8 nitrogen and oxygen atoms in total. The molecule has 0 aliphatic rings. The number of ether oxygens (including phenoxy) is 2. The molecule has 0 aromatic heterocycles. The zero-order valence-corrected chi connectivity index (χ0v) is 16.9. The fourth-order valence-corrected chi connectivity index (χ4v) is 2.41. The molecule has 2 aromatic rings. The van der Waals surface area contributed by atoms with E-state index in [0.717, 1.165) is 11.1 Å². The molecule has 0 saturated carbocycles. The summed E-state index contributed by atoms with van der Waals surface area (Å²) in [5.74, 6) is -0.429. The van der Waals surface area contributed by atoms with Crippen molar-refractivity contribution in [1.29, 1.82) is 0 Å². The fourth-order valence-electron chi connectivity index (χ4n) is 2.41. The molecule has 1 atom stereocenters. The van der Waals surface area contributed by atoms with Crippen molar-refractivity contribution in [3.05, 3.63) is 59.2 Å². The first-order valence-corrected chi connectivity index (χ1v) is 9.18. The summed E-state index contributed by atoms with van der Waals surface area (Å²) < 4.78 is 10.5. The summed E-state index contributed by atoms with van der Waals surface area (Å²) in [6.45, 7) is 7.39. The molecule has 0 aliphatic heterocycles. The molecule has 0 heterocycles. The zero-order valence-electron chi connectivity index (χ0n) is 16.9. The van der Waals surface area contributed by atoms with Crippen molar-refractivity contribution in [2.24, 2.45) is 0 Å². The predicted molar refractivity (Wildman–Crippen MR) is 109 cm³/mol. The summed E-state index contributed by atoms with van der Waals surface area (Å²) in [6, 6.07) is 11.8. The van der Waals surface area contributed by atoms with Crippen LogP contribution in [0, 0.1) is 13.8 Å². The van der Waals surface area contributed by atoms with E-state index < -0.39 is 24.0 Å². The molecule has 0 radical (unpaired) electrons. The molecule has 0 aliphatic carbocycles. The van der Waals surface area contributed by atoms with Crippen LogP contribution in [0.5, 0.6) is 5.75 Å². The number of aryl methyl sites for hydroxylation is 1. The summed E-state index contributed by atoms with van der Waals surface area (Å²) in [4.78, 5) is 36.0. The van der Waals surface area contributed by atoms with Crippen LogP contribution in [-0.4, -0.2) is 30.6 Å². The van der Waals surface area contributed by atoms with Gasteiger partial charge in [-0.1, -0.05) is 18.2 Å². The van der Waals surface area contributed by atoms with Crippen LogP contribution in [-0.2, 0) is 9.53 Å². The molecule has 29 heavy (non-hydrogen) atoms. The van der Waals surface area contributed by atoms with Crippen molar-refractivity contribution < 1.29 is 23.9 Å². The topological polar surface area (TPSA) is 106 Å². The number of anilines is 1. The lowest BCUT2D eigenvalue weighted by Crippen LogP contribution is -2.47. The highest BCUT2D eigenvalue weighted by molar-refractivity contribution is 5.97. The number of carbonyl (C=O) groups excluding carboxylic acids is 3. The highest BCUT2D eigenvalue weighted by Gasteiger charge is 2.17. The summed E-state index contributed by atoms with van der Waals surface area (Å²) in [5, 5.41) is 2.51. The van der Waals surface area contributed by atoms with E-state index >= 15 is 0 Å². The van der Waals surface area contributed by atoms with Crippen LogP contribution in [0.25, 0.3) is 0 Å². The van der Waals surface area contributed by atoms with Crippen LogP contribution in [0.2, 0.25) is 0 Å². The quantitative estimate of drug-likeness (QED) is 0.647. The minimum absolute atomic E-state index is 0.236. The van der Waals surface area contributed by atoms with E-state index in [4.69, 9.17) is 9.47 Å². The Morgan fingerprint density at radius 2 is 1.76 bits per heavy atom. The lowest BCUT2D eigenvalue weighted by molar-refractivity contribution is -0.128. The number of carbonyl (C=O) groups is 3. The maximum absolute atomic E-state index is 12.3. The third kappa shape index (κ3) is 6.24.